The van der Waals surface area contributed by atoms with Crippen molar-refractivity contribution in [2.45, 2.75) is 45.8 Å². The maximum atomic E-state index is 11.0. The number of carboxylic acid groups (broad SMARTS) is 1. The van der Waals surface area contributed by atoms with E-state index >= 15 is 0 Å². The standard InChI is InChI=1S/C16H23NO3/c1-11-4-5-12(2)15(10-11)20-14-6-8-17(9-7-14)13(3)16(18)19/h4-5,10,13-14H,6-9H2,1-3H3,(H,18,19)/t13-/m1/s1. The van der Waals surface area contributed by atoms with Crippen molar-refractivity contribution < 1.29 is 14.6 Å². The van der Waals surface area contributed by atoms with Gasteiger partial charge in [-0.25, -0.2) is 0 Å². The van der Waals surface area contributed by atoms with Gasteiger partial charge in [0.1, 0.15) is 17.9 Å². The van der Waals surface area contributed by atoms with Gasteiger partial charge in [-0.1, -0.05) is 12.1 Å². The normalized spacial score (nSPS) is 18.8. The third-order valence-corrected chi connectivity index (χ3v) is 4.02. The highest BCUT2D eigenvalue weighted by molar-refractivity contribution is 5.72. The molecule has 1 atom stereocenters. The van der Waals surface area contributed by atoms with Gasteiger partial charge >= 0.3 is 5.97 Å². The van der Waals surface area contributed by atoms with E-state index in [4.69, 9.17) is 9.84 Å². The van der Waals surface area contributed by atoms with E-state index in [1.165, 1.54) is 5.56 Å². The summed E-state index contributed by atoms with van der Waals surface area (Å²) in [7, 11) is 0. The van der Waals surface area contributed by atoms with E-state index < -0.39 is 12.0 Å². The molecule has 0 spiro atoms. The van der Waals surface area contributed by atoms with Crippen molar-refractivity contribution in [1.29, 1.82) is 0 Å². The van der Waals surface area contributed by atoms with Crippen LogP contribution in [0.2, 0.25) is 0 Å². The lowest BCUT2D eigenvalue weighted by molar-refractivity contribution is -0.143. The molecular weight excluding hydrogens is 254 g/mol. The Hall–Kier alpha value is -1.55. The summed E-state index contributed by atoms with van der Waals surface area (Å²) in [4.78, 5) is 13.0. The molecule has 1 fully saturated rings. The topological polar surface area (TPSA) is 49.8 Å². The summed E-state index contributed by atoms with van der Waals surface area (Å²) in [5.74, 6) is 0.202. The van der Waals surface area contributed by atoms with Gasteiger partial charge in [-0.15, -0.1) is 0 Å². The van der Waals surface area contributed by atoms with Crippen molar-refractivity contribution in [1.82, 2.24) is 4.90 Å². The van der Waals surface area contributed by atoms with Crippen LogP contribution in [0.25, 0.3) is 0 Å². The highest BCUT2D eigenvalue weighted by Gasteiger charge is 2.27. The monoisotopic (exact) mass is 277 g/mol. The molecule has 4 nitrogen and oxygen atoms in total. The average Bonchev–Trinajstić information content (AvgIpc) is 2.43. The molecule has 1 aliphatic rings. The van der Waals surface area contributed by atoms with Gasteiger partial charge in [0.05, 0.1) is 0 Å². The Morgan fingerprint density at radius 2 is 2.00 bits per heavy atom. The SMILES string of the molecule is Cc1ccc(C)c(OC2CCN([C@H](C)C(=O)O)CC2)c1. The number of rotatable bonds is 4. The lowest BCUT2D eigenvalue weighted by atomic mass is 10.1. The second-order valence-electron chi connectivity index (χ2n) is 5.64. The molecule has 4 heteroatoms. The van der Waals surface area contributed by atoms with E-state index in [-0.39, 0.29) is 6.10 Å². The second kappa shape index (κ2) is 6.27. The summed E-state index contributed by atoms with van der Waals surface area (Å²) in [6, 6.07) is 5.82. The third kappa shape index (κ3) is 3.51. The maximum absolute atomic E-state index is 11.0. The van der Waals surface area contributed by atoms with E-state index in [1.54, 1.807) is 6.92 Å². The third-order valence-electron chi connectivity index (χ3n) is 4.02. The molecule has 0 bridgehead atoms. The van der Waals surface area contributed by atoms with Gasteiger partial charge in [-0.2, -0.15) is 0 Å². The summed E-state index contributed by atoms with van der Waals surface area (Å²) >= 11 is 0. The van der Waals surface area contributed by atoms with E-state index in [2.05, 4.69) is 32.0 Å². The summed E-state index contributed by atoms with van der Waals surface area (Å²) in [5.41, 5.74) is 2.35. The molecule has 0 unspecified atom stereocenters. The number of ether oxygens (including phenoxy) is 1. The van der Waals surface area contributed by atoms with Gasteiger partial charge in [-0.3, -0.25) is 9.69 Å². The van der Waals surface area contributed by atoms with E-state index in [1.807, 2.05) is 4.90 Å². The largest absolute Gasteiger partial charge is 0.490 e. The minimum Gasteiger partial charge on any atom is -0.490 e. The maximum Gasteiger partial charge on any atom is 0.320 e. The highest BCUT2D eigenvalue weighted by atomic mass is 16.5. The molecular formula is C16H23NO3. The predicted octanol–water partition coefficient (Wildman–Crippen LogP) is 2.62. The number of piperidine rings is 1. The summed E-state index contributed by atoms with van der Waals surface area (Å²) in [6.07, 6.45) is 1.95. The zero-order valence-corrected chi connectivity index (χ0v) is 12.4. The molecule has 1 aliphatic heterocycles. The van der Waals surface area contributed by atoms with Crippen LogP contribution in [0, 0.1) is 13.8 Å². The van der Waals surface area contributed by atoms with Crippen LogP contribution < -0.4 is 4.74 Å². The van der Waals surface area contributed by atoms with Crippen LogP contribution in [-0.2, 0) is 4.79 Å². The van der Waals surface area contributed by atoms with Crippen LogP contribution in [0.1, 0.15) is 30.9 Å². The highest BCUT2D eigenvalue weighted by Crippen LogP contribution is 2.24. The Morgan fingerprint density at radius 1 is 1.35 bits per heavy atom. The fourth-order valence-corrected chi connectivity index (χ4v) is 2.55. The Labute approximate surface area is 120 Å². The Bertz CT molecular complexity index is 479. The Balaban J connectivity index is 1.91. The first-order valence-electron chi connectivity index (χ1n) is 7.18. The fourth-order valence-electron chi connectivity index (χ4n) is 2.55. The van der Waals surface area contributed by atoms with Crippen molar-refractivity contribution >= 4 is 5.97 Å². The number of aryl methyl sites for hydroxylation is 2. The summed E-state index contributed by atoms with van der Waals surface area (Å²) in [6.45, 7) is 7.42. The first kappa shape index (κ1) is 14.9. The molecule has 110 valence electrons. The second-order valence-corrected chi connectivity index (χ2v) is 5.64. The number of carbonyl (C=O) groups is 1. The van der Waals surface area contributed by atoms with Crippen molar-refractivity contribution in [3.8, 4) is 5.75 Å². The van der Waals surface area contributed by atoms with Crippen LogP contribution in [-0.4, -0.2) is 41.2 Å². The van der Waals surface area contributed by atoms with Crippen LogP contribution in [0.4, 0.5) is 0 Å². The molecule has 0 aromatic heterocycles. The van der Waals surface area contributed by atoms with Crippen molar-refractivity contribution in [2.24, 2.45) is 0 Å². The molecule has 0 amide bonds. The van der Waals surface area contributed by atoms with E-state index in [0.29, 0.717) is 0 Å². The number of hydrogen-bond acceptors (Lipinski definition) is 3. The minimum atomic E-state index is -0.751. The first-order valence-corrected chi connectivity index (χ1v) is 7.18. The van der Waals surface area contributed by atoms with E-state index in [0.717, 1.165) is 37.2 Å². The van der Waals surface area contributed by atoms with Gasteiger partial charge in [0.2, 0.25) is 0 Å². The molecule has 1 aromatic carbocycles. The molecule has 1 heterocycles. The molecule has 2 rings (SSSR count). The Morgan fingerprint density at radius 3 is 2.60 bits per heavy atom. The zero-order valence-electron chi connectivity index (χ0n) is 12.4. The molecule has 1 N–H and O–H groups in total. The Kier molecular flexibility index (Phi) is 4.65. The minimum absolute atomic E-state index is 0.188. The number of aliphatic carboxylic acids is 1. The quantitative estimate of drug-likeness (QED) is 0.919. The van der Waals surface area contributed by atoms with Gasteiger partial charge in [0.15, 0.2) is 0 Å². The van der Waals surface area contributed by atoms with Gasteiger partial charge in [0.25, 0.3) is 0 Å². The predicted molar refractivity (Wildman–Crippen MR) is 78.2 cm³/mol. The van der Waals surface area contributed by atoms with Gasteiger partial charge in [-0.05, 0) is 50.8 Å². The number of nitrogens with zero attached hydrogens (tertiary/aromatic N) is 1. The fraction of sp³-hybridized carbons (Fsp3) is 0.562. The van der Waals surface area contributed by atoms with Crippen LogP contribution in [0.3, 0.4) is 0 Å². The van der Waals surface area contributed by atoms with Crippen LogP contribution in [0.5, 0.6) is 5.75 Å². The van der Waals surface area contributed by atoms with Crippen molar-refractivity contribution in [3.63, 3.8) is 0 Å². The number of carboxylic acids is 1. The lowest BCUT2D eigenvalue weighted by Crippen LogP contribution is -2.46. The van der Waals surface area contributed by atoms with Gasteiger partial charge < -0.3 is 9.84 Å². The summed E-state index contributed by atoms with van der Waals surface area (Å²) in [5, 5.41) is 9.03. The zero-order chi connectivity index (χ0) is 14.7. The number of hydrogen-bond donors (Lipinski definition) is 1. The van der Waals surface area contributed by atoms with Crippen LogP contribution >= 0.6 is 0 Å². The molecule has 0 aliphatic carbocycles. The molecule has 20 heavy (non-hydrogen) atoms. The lowest BCUT2D eigenvalue weighted by Gasteiger charge is -2.34. The first-order chi connectivity index (χ1) is 9.47. The molecule has 0 saturated carbocycles. The van der Waals surface area contributed by atoms with Crippen molar-refractivity contribution in [3.05, 3.63) is 29.3 Å². The smallest absolute Gasteiger partial charge is 0.320 e. The molecule has 0 radical (unpaired) electrons. The summed E-state index contributed by atoms with van der Waals surface area (Å²) < 4.78 is 6.08. The number of benzene rings is 1. The molecule has 1 saturated heterocycles. The van der Waals surface area contributed by atoms with E-state index in [9.17, 15) is 4.79 Å². The van der Waals surface area contributed by atoms with Crippen LogP contribution in [0.15, 0.2) is 18.2 Å². The van der Waals surface area contributed by atoms with Gasteiger partial charge in [0, 0.05) is 13.1 Å². The number of likely N-dealkylation sites (tertiary alicyclic amines) is 1. The average molecular weight is 277 g/mol. The molecule has 1 aromatic rings. The van der Waals surface area contributed by atoms with Crippen molar-refractivity contribution in [2.75, 3.05) is 13.1 Å².